The molecule has 1 aliphatic carbocycles. The molecule has 1 saturated carbocycles. The summed E-state index contributed by atoms with van der Waals surface area (Å²) in [5.41, 5.74) is 0.438. The van der Waals surface area contributed by atoms with Crippen LogP contribution in [-0.4, -0.2) is 28.7 Å². The van der Waals surface area contributed by atoms with Gasteiger partial charge in [-0.1, -0.05) is 19.1 Å². The Morgan fingerprint density at radius 2 is 2.11 bits per heavy atom. The minimum absolute atomic E-state index is 0.0399. The average molecular weight is 300 g/mol. The summed E-state index contributed by atoms with van der Waals surface area (Å²) in [6, 6.07) is 0. The van der Waals surface area contributed by atoms with Gasteiger partial charge >= 0.3 is 5.51 Å². The SMILES string of the molecule is CC1CC(C(=O)NCCSC(F)(F)F)(C(N)=S)C1. The van der Waals surface area contributed by atoms with Gasteiger partial charge in [0.1, 0.15) is 0 Å². The van der Waals surface area contributed by atoms with E-state index in [0.717, 1.165) is 0 Å². The van der Waals surface area contributed by atoms with E-state index in [1.807, 2.05) is 6.92 Å². The average Bonchev–Trinajstić information content (AvgIpc) is 2.17. The first-order valence-corrected chi connectivity index (χ1v) is 6.86. The lowest BCUT2D eigenvalue weighted by Gasteiger charge is -2.44. The minimum Gasteiger partial charge on any atom is -0.392 e. The monoisotopic (exact) mass is 300 g/mol. The lowest BCUT2D eigenvalue weighted by Crippen LogP contribution is -2.56. The third-order valence-electron chi connectivity index (χ3n) is 2.95. The van der Waals surface area contributed by atoms with Crippen LogP contribution in [0.25, 0.3) is 0 Å². The molecule has 104 valence electrons. The van der Waals surface area contributed by atoms with E-state index in [9.17, 15) is 18.0 Å². The van der Waals surface area contributed by atoms with Gasteiger partial charge in [0.15, 0.2) is 0 Å². The summed E-state index contributed by atoms with van der Waals surface area (Å²) in [6.45, 7) is 1.94. The predicted octanol–water partition coefficient (Wildman–Crippen LogP) is 2.06. The predicted molar refractivity (Wildman–Crippen MR) is 69.1 cm³/mol. The van der Waals surface area contributed by atoms with Crippen molar-refractivity contribution in [1.29, 1.82) is 0 Å². The number of hydrogen-bond donors (Lipinski definition) is 2. The molecule has 0 aliphatic heterocycles. The quantitative estimate of drug-likeness (QED) is 0.603. The standard InChI is InChI=1S/C10H15F3N2OS2/c1-6-4-9(5-6,7(14)17)8(16)15-2-3-18-10(11,12)13/h6H,2-5H2,1H3,(H2,14,17)(H,15,16). The molecule has 3 nitrogen and oxygen atoms in total. The van der Waals surface area contributed by atoms with Crippen molar-refractivity contribution in [3.05, 3.63) is 0 Å². The number of carbonyl (C=O) groups is 1. The molecule has 0 spiro atoms. The van der Waals surface area contributed by atoms with Gasteiger partial charge in [-0.15, -0.1) is 0 Å². The Kier molecular flexibility index (Phi) is 4.88. The van der Waals surface area contributed by atoms with E-state index in [-0.39, 0.29) is 35.0 Å². The fourth-order valence-electron chi connectivity index (χ4n) is 2.13. The Bertz CT molecular complexity index is 341. The summed E-state index contributed by atoms with van der Waals surface area (Å²) in [5.74, 6) is -0.198. The molecule has 0 unspecified atom stereocenters. The molecule has 18 heavy (non-hydrogen) atoms. The highest BCUT2D eigenvalue weighted by Crippen LogP contribution is 2.45. The summed E-state index contributed by atoms with van der Waals surface area (Å²) in [7, 11) is 0. The maximum absolute atomic E-state index is 11.9. The van der Waals surface area contributed by atoms with Gasteiger partial charge < -0.3 is 11.1 Å². The van der Waals surface area contributed by atoms with E-state index in [1.54, 1.807) is 0 Å². The molecule has 1 rings (SSSR count). The lowest BCUT2D eigenvalue weighted by molar-refractivity contribution is -0.132. The second-order valence-electron chi connectivity index (χ2n) is 4.51. The molecule has 0 aromatic heterocycles. The summed E-state index contributed by atoms with van der Waals surface area (Å²) in [5, 5.41) is 2.47. The van der Waals surface area contributed by atoms with Crippen molar-refractivity contribution in [2.45, 2.75) is 25.3 Å². The fourth-order valence-corrected chi connectivity index (χ4v) is 2.82. The molecule has 0 saturated heterocycles. The number of halogens is 3. The zero-order valence-corrected chi connectivity index (χ0v) is 11.5. The van der Waals surface area contributed by atoms with Crippen LogP contribution in [-0.2, 0) is 4.79 Å². The number of alkyl halides is 3. The number of thioether (sulfide) groups is 1. The Labute approximate surface area is 113 Å². The number of thiocarbonyl (C=S) groups is 1. The fraction of sp³-hybridized carbons (Fsp3) is 0.800. The molecule has 0 aromatic carbocycles. The number of nitrogens with one attached hydrogen (secondary N) is 1. The summed E-state index contributed by atoms with van der Waals surface area (Å²) in [4.78, 5) is 12.0. The molecule has 1 aliphatic rings. The van der Waals surface area contributed by atoms with Crippen LogP contribution < -0.4 is 11.1 Å². The van der Waals surface area contributed by atoms with E-state index >= 15 is 0 Å². The third kappa shape index (κ3) is 3.74. The molecule has 0 heterocycles. The second kappa shape index (κ2) is 5.64. The molecule has 0 atom stereocenters. The molecule has 8 heteroatoms. The molecular weight excluding hydrogens is 285 g/mol. The van der Waals surface area contributed by atoms with Gasteiger partial charge in [-0.3, -0.25) is 4.79 Å². The van der Waals surface area contributed by atoms with Gasteiger partial charge in [-0.25, -0.2) is 0 Å². The number of rotatable bonds is 5. The highest BCUT2D eigenvalue weighted by Gasteiger charge is 2.50. The minimum atomic E-state index is -4.27. The first-order chi connectivity index (χ1) is 8.17. The lowest BCUT2D eigenvalue weighted by atomic mass is 9.62. The molecule has 1 fully saturated rings. The van der Waals surface area contributed by atoms with Gasteiger partial charge in [-0.05, 0) is 30.5 Å². The molecular formula is C10H15F3N2OS2. The molecule has 3 N–H and O–H groups in total. The first kappa shape index (κ1) is 15.6. The van der Waals surface area contributed by atoms with Crippen molar-refractivity contribution in [3.8, 4) is 0 Å². The van der Waals surface area contributed by atoms with Gasteiger partial charge in [0.25, 0.3) is 0 Å². The highest BCUT2D eigenvalue weighted by molar-refractivity contribution is 8.00. The maximum Gasteiger partial charge on any atom is 0.441 e. The van der Waals surface area contributed by atoms with Gasteiger partial charge in [-0.2, -0.15) is 13.2 Å². The van der Waals surface area contributed by atoms with Crippen LogP contribution in [0.2, 0.25) is 0 Å². The number of nitrogens with two attached hydrogens (primary N) is 1. The maximum atomic E-state index is 11.9. The van der Waals surface area contributed by atoms with Crippen molar-refractivity contribution in [1.82, 2.24) is 5.32 Å². The van der Waals surface area contributed by atoms with Crippen LogP contribution in [0, 0.1) is 11.3 Å². The van der Waals surface area contributed by atoms with E-state index in [2.05, 4.69) is 5.32 Å². The largest absolute Gasteiger partial charge is 0.441 e. The van der Waals surface area contributed by atoms with Gasteiger partial charge in [0, 0.05) is 12.3 Å². The van der Waals surface area contributed by atoms with Gasteiger partial charge in [0.05, 0.1) is 10.4 Å². The normalized spacial score (nSPS) is 27.4. The summed E-state index contributed by atoms with van der Waals surface area (Å²) >= 11 is 4.72. The van der Waals surface area contributed by atoms with Crippen molar-refractivity contribution in [2.75, 3.05) is 12.3 Å². The number of hydrogen-bond acceptors (Lipinski definition) is 3. The summed E-state index contributed by atoms with van der Waals surface area (Å²) in [6.07, 6.45) is 1.14. The van der Waals surface area contributed by atoms with Crippen LogP contribution in [0.3, 0.4) is 0 Å². The second-order valence-corrected chi connectivity index (χ2v) is 6.11. The zero-order chi connectivity index (χ0) is 14.0. The molecule has 0 aromatic rings. The Balaban J connectivity index is 2.38. The van der Waals surface area contributed by atoms with Crippen molar-refractivity contribution < 1.29 is 18.0 Å². The van der Waals surface area contributed by atoms with Crippen molar-refractivity contribution in [2.24, 2.45) is 17.1 Å². The smallest absolute Gasteiger partial charge is 0.392 e. The van der Waals surface area contributed by atoms with Gasteiger partial charge in [0.2, 0.25) is 5.91 Å². The van der Waals surface area contributed by atoms with Crippen molar-refractivity contribution in [3.63, 3.8) is 0 Å². The Hall–Kier alpha value is -0.500. The topological polar surface area (TPSA) is 55.1 Å². The van der Waals surface area contributed by atoms with E-state index < -0.39 is 10.9 Å². The highest BCUT2D eigenvalue weighted by atomic mass is 32.2. The molecule has 1 amide bonds. The van der Waals surface area contributed by atoms with Crippen LogP contribution in [0.4, 0.5) is 13.2 Å². The number of amides is 1. The number of carbonyl (C=O) groups excluding carboxylic acids is 1. The Morgan fingerprint density at radius 1 is 1.56 bits per heavy atom. The first-order valence-electron chi connectivity index (χ1n) is 5.46. The van der Waals surface area contributed by atoms with Crippen LogP contribution in [0.15, 0.2) is 0 Å². The van der Waals surface area contributed by atoms with Crippen LogP contribution in [0.5, 0.6) is 0 Å². The summed E-state index contributed by atoms with van der Waals surface area (Å²) < 4.78 is 35.6. The molecule has 0 radical (unpaired) electrons. The van der Waals surface area contributed by atoms with Crippen LogP contribution in [0.1, 0.15) is 19.8 Å². The molecule has 0 bridgehead atoms. The van der Waals surface area contributed by atoms with E-state index in [1.165, 1.54) is 0 Å². The van der Waals surface area contributed by atoms with Crippen molar-refractivity contribution >= 4 is 34.9 Å². The van der Waals surface area contributed by atoms with E-state index in [0.29, 0.717) is 18.8 Å². The third-order valence-corrected chi connectivity index (χ3v) is 4.08. The zero-order valence-electron chi connectivity index (χ0n) is 9.84. The Morgan fingerprint density at radius 3 is 2.50 bits per heavy atom. The van der Waals surface area contributed by atoms with Crippen LogP contribution >= 0.6 is 24.0 Å². The van der Waals surface area contributed by atoms with E-state index in [4.69, 9.17) is 18.0 Å².